The van der Waals surface area contributed by atoms with Gasteiger partial charge in [0.05, 0.1) is 0 Å². The van der Waals surface area contributed by atoms with Gasteiger partial charge in [0, 0.05) is 24.1 Å². The van der Waals surface area contributed by atoms with Gasteiger partial charge >= 0.3 is 0 Å². The molecule has 1 amide bonds. The molecule has 4 heteroatoms. The highest BCUT2D eigenvalue weighted by atomic mass is 16.3. The number of hydrogen-bond donors (Lipinski definition) is 1. The minimum Gasteiger partial charge on any atom is -0.437 e. The van der Waals surface area contributed by atoms with E-state index in [9.17, 15) is 4.79 Å². The summed E-state index contributed by atoms with van der Waals surface area (Å²) in [6.07, 6.45) is 6.55. The van der Waals surface area contributed by atoms with E-state index in [0.29, 0.717) is 12.4 Å². The van der Waals surface area contributed by atoms with Gasteiger partial charge in [0.15, 0.2) is 5.58 Å². The number of rotatable bonds is 5. The average molecular weight is 332 g/mol. The van der Waals surface area contributed by atoms with Crippen molar-refractivity contribution in [2.45, 2.75) is 24.7 Å². The molecule has 0 radical (unpaired) electrons. The number of nitrogens with one attached hydrogen (secondary N) is 1. The lowest BCUT2D eigenvalue weighted by Gasteiger charge is -2.42. The molecule has 1 saturated carbocycles. The predicted molar refractivity (Wildman–Crippen MR) is 98.0 cm³/mol. The average Bonchev–Trinajstić information content (AvgIpc) is 3.03. The van der Waals surface area contributed by atoms with Crippen molar-refractivity contribution in [2.24, 2.45) is 0 Å². The summed E-state index contributed by atoms with van der Waals surface area (Å²) in [6, 6.07) is 18.0. The zero-order valence-corrected chi connectivity index (χ0v) is 13.9. The van der Waals surface area contributed by atoms with Gasteiger partial charge in [0.2, 0.25) is 11.8 Å². The number of nitrogens with zero attached hydrogens (tertiary/aromatic N) is 1. The monoisotopic (exact) mass is 332 g/mol. The van der Waals surface area contributed by atoms with Gasteiger partial charge in [-0.05, 0) is 30.5 Å². The van der Waals surface area contributed by atoms with E-state index in [1.165, 1.54) is 18.1 Å². The summed E-state index contributed by atoms with van der Waals surface area (Å²) in [6.45, 7) is 0.660. The molecule has 1 heterocycles. The Morgan fingerprint density at radius 3 is 2.60 bits per heavy atom. The summed E-state index contributed by atoms with van der Waals surface area (Å²) in [7, 11) is 0. The minimum absolute atomic E-state index is 0.0857. The summed E-state index contributed by atoms with van der Waals surface area (Å²) < 4.78 is 5.59. The Balaban J connectivity index is 1.40. The Labute approximate surface area is 146 Å². The molecule has 2 aromatic carbocycles. The van der Waals surface area contributed by atoms with E-state index in [-0.39, 0.29) is 11.3 Å². The normalized spacial score (nSPS) is 16.0. The molecular formula is C21H20N2O2. The van der Waals surface area contributed by atoms with Gasteiger partial charge < -0.3 is 9.73 Å². The Morgan fingerprint density at radius 2 is 1.88 bits per heavy atom. The molecule has 0 unspecified atom stereocenters. The fourth-order valence-electron chi connectivity index (χ4n) is 3.39. The number of amides is 1. The first-order valence-electron chi connectivity index (χ1n) is 8.62. The lowest BCUT2D eigenvalue weighted by Crippen LogP contribution is -2.45. The van der Waals surface area contributed by atoms with Crippen LogP contribution in [0.1, 0.15) is 30.7 Å². The molecule has 1 N–H and O–H groups in total. The minimum atomic E-state index is -0.121. The molecule has 0 bridgehead atoms. The fraction of sp³-hybridized carbons (Fsp3) is 0.238. The lowest BCUT2D eigenvalue weighted by molar-refractivity contribution is -0.116. The van der Waals surface area contributed by atoms with E-state index in [1.807, 2.05) is 30.3 Å². The molecule has 1 aliphatic carbocycles. The molecule has 1 aliphatic rings. The lowest BCUT2D eigenvalue weighted by atomic mass is 9.64. The van der Waals surface area contributed by atoms with Crippen molar-refractivity contribution < 1.29 is 9.21 Å². The Kier molecular flexibility index (Phi) is 4.10. The maximum absolute atomic E-state index is 12.2. The van der Waals surface area contributed by atoms with Crippen molar-refractivity contribution in [1.29, 1.82) is 0 Å². The topological polar surface area (TPSA) is 55.1 Å². The number of benzene rings is 2. The Morgan fingerprint density at radius 1 is 1.12 bits per heavy atom. The third-order valence-electron chi connectivity index (χ3n) is 4.99. The summed E-state index contributed by atoms with van der Waals surface area (Å²) in [5, 5.41) is 3.03. The Bertz CT molecular complexity index is 875. The highest BCUT2D eigenvalue weighted by Crippen LogP contribution is 2.43. The first-order chi connectivity index (χ1) is 12.3. The van der Waals surface area contributed by atoms with E-state index in [0.717, 1.165) is 23.9 Å². The number of carbonyl (C=O) groups excluding carboxylic acids is 1. The van der Waals surface area contributed by atoms with E-state index < -0.39 is 0 Å². The summed E-state index contributed by atoms with van der Waals surface area (Å²) >= 11 is 0. The second-order valence-electron chi connectivity index (χ2n) is 6.57. The number of para-hydroxylation sites is 2. The van der Waals surface area contributed by atoms with Gasteiger partial charge in [-0.3, -0.25) is 4.79 Å². The second-order valence-corrected chi connectivity index (χ2v) is 6.57. The van der Waals surface area contributed by atoms with Gasteiger partial charge in [-0.2, -0.15) is 0 Å². The van der Waals surface area contributed by atoms with Gasteiger partial charge in [-0.15, -0.1) is 0 Å². The van der Waals surface area contributed by atoms with E-state index in [4.69, 9.17) is 4.42 Å². The molecule has 126 valence electrons. The molecule has 0 atom stereocenters. The van der Waals surface area contributed by atoms with Crippen LogP contribution in [0.2, 0.25) is 0 Å². The standard InChI is InChI=1S/C21H20N2O2/c24-19(11-12-20-23-17-9-4-5-10-18(17)25-20)22-15-21(13-6-14-21)16-7-2-1-3-8-16/h1-5,7-12H,6,13-15H2,(H,22,24)/b12-11-. The maximum atomic E-state index is 12.2. The molecule has 1 aromatic heterocycles. The predicted octanol–water partition coefficient (Wildman–Crippen LogP) is 4.08. The third-order valence-corrected chi connectivity index (χ3v) is 4.99. The van der Waals surface area contributed by atoms with Crippen LogP contribution in [0.4, 0.5) is 0 Å². The molecule has 3 aromatic rings. The number of oxazole rings is 1. The summed E-state index contributed by atoms with van der Waals surface area (Å²) in [4.78, 5) is 16.5. The van der Waals surface area contributed by atoms with Crippen molar-refractivity contribution in [1.82, 2.24) is 10.3 Å². The van der Waals surface area contributed by atoms with Crippen LogP contribution >= 0.6 is 0 Å². The smallest absolute Gasteiger partial charge is 0.244 e. The van der Waals surface area contributed by atoms with Crippen molar-refractivity contribution >= 4 is 23.1 Å². The number of aromatic nitrogens is 1. The van der Waals surface area contributed by atoms with Crippen LogP contribution in [-0.4, -0.2) is 17.4 Å². The molecule has 0 aliphatic heterocycles. The molecular weight excluding hydrogens is 312 g/mol. The Hall–Kier alpha value is -2.88. The van der Waals surface area contributed by atoms with Crippen LogP contribution in [0, 0.1) is 0 Å². The van der Waals surface area contributed by atoms with Gasteiger partial charge in [0.1, 0.15) is 5.52 Å². The van der Waals surface area contributed by atoms with Gasteiger partial charge in [-0.1, -0.05) is 48.9 Å². The second kappa shape index (κ2) is 6.55. The van der Waals surface area contributed by atoms with Crippen LogP contribution < -0.4 is 5.32 Å². The van der Waals surface area contributed by atoms with Gasteiger partial charge in [-0.25, -0.2) is 4.98 Å². The quantitative estimate of drug-likeness (QED) is 0.716. The third kappa shape index (κ3) is 3.20. The number of fused-ring (bicyclic) bond motifs is 1. The highest BCUT2D eigenvalue weighted by molar-refractivity contribution is 5.91. The highest BCUT2D eigenvalue weighted by Gasteiger charge is 2.38. The van der Waals surface area contributed by atoms with E-state index >= 15 is 0 Å². The fourth-order valence-corrected chi connectivity index (χ4v) is 3.39. The zero-order valence-electron chi connectivity index (χ0n) is 13.9. The maximum Gasteiger partial charge on any atom is 0.244 e. The van der Waals surface area contributed by atoms with Gasteiger partial charge in [0.25, 0.3) is 0 Å². The molecule has 1 fully saturated rings. The number of hydrogen-bond acceptors (Lipinski definition) is 3. The van der Waals surface area contributed by atoms with E-state index in [2.05, 4.69) is 34.6 Å². The number of carbonyl (C=O) groups is 1. The molecule has 4 nitrogen and oxygen atoms in total. The zero-order chi connectivity index (χ0) is 17.1. The van der Waals surface area contributed by atoms with Crippen LogP contribution in [0.5, 0.6) is 0 Å². The molecule has 0 spiro atoms. The molecule has 25 heavy (non-hydrogen) atoms. The first kappa shape index (κ1) is 15.6. The summed E-state index contributed by atoms with van der Waals surface area (Å²) in [5.41, 5.74) is 2.91. The molecule has 0 saturated heterocycles. The molecule has 4 rings (SSSR count). The summed E-state index contributed by atoms with van der Waals surface area (Å²) in [5.74, 6) is 0.322. The van der Waals surface area contributed by atoms with Crippen molar-refractivity contribution in [3.8, 4) is 0 Å². The van der Waals surface area contributed by atoms with Crippen LogP contribution in [0.25, 0.3) is 17.2 Å². The van der Waals surface area contributed by atoms with E-state index in [1.54, 1.807) is 6.08 Å². The van der Waals surface area contributed by atoms with Crippen LogP contribution in [0.3, 0.4) is 0 Å². The van der Waals surface area contributed by atoms with Crippen molar-refractivity contribution in [3.05, 3.63) is 72.1 Å². The van der Waals surface area contributed by atoms with Crippen LogP contribution in [-0.2, 0) is 10.2 Å². The van der Waals surface area contributed by atoms with Crippen molar-refractivity contribution in [2.75, 3.05) is 6.54 Å². The SMILES string of the molecule is O=C(/C=C\c1nc2ccccc2o1)NCC1(c2ccccc2)CCC1. The first-order valence-corrected chi connectivity index (χ1v) is 8.62. The largest absolute Gasteiger partial charge is 0.437 e. The van der Waals surface area contributed by atoms with Crippen molar-refractivity contribution in [3.63, 3.8) is 0 Å². The van der Waals surface area contributed by atoms with Crippen LogP contribution in [0.15, 0.2) is 65.1 Å².